The first-order valence-corrected chi connectivity index (χ1v) is 8.25. The molecule has 7 nitrogen and oxygen atoms in total. The lowest BCUT2D eigenvalue weighted by Crippen LogP contribution is -2.22. The highest BCUT2D eigenvalue weighted by Crippen LogP contribution is 2.32. The van der Waals surface area contributed by atoms with Crippen molar-refractivity contribution in [3.05, 3.63) is 53.9 Å². The summed E-state index contributed by atoms with van der Waals surface area (Å²) >= 11 is 0. The van der Waals surface area contributed by atoms with E-state index < -0.39 is 0 Å². The van der Waals surface area contributed by atoms with Gasteiger partial charge in [0.2, 0.25) is 12.7 Å². The number of fused-ring (bicyclic) bond motifs is 2. The molecule has 2 heterocycles. The van der Waals surface area contributed by atoms with Crippen LogP contribution in [0.5, 0.6) is 11.5 Å². The largest absolute Gasteiger partial charge is 0.454 e. The number of imidazole rings is 1. The molecule has 3 aromatic rings. The van der Waals surface area contributed by atoms with E-state index >= 15 is 0 Å². The normalized spacial score (nSPS) is 13.2. The predicted molar refractivity (Wildman–Crippen MR) is 97.3 cm³/mol. The van der Waals surface area contributed by atoms with Gasteiger partial charge in [0.1, 0.15) is 5.82 Å². The summed E-state index contributed by atoms with van der Waals surface area (Å²) in [5.41, 5.74) is 6.00. The molecular formula is C19H18N4O3. The third kappa shape index (κ3) is 2.99. The molecule has 1 aromatic heterocycles. The van der Waals surface area contributed by atoms with Gasteiger partial charge in [-0.25, -0.2) is 10.4 Å². The van der Waals surface area contributed by atoms with Gasteiger partial charge in [-0.3, -0.25) is 4.79 Å². The molecule has 0 saturated carbocycles. The van der Waals surface area contributed by atoms with Crippen molar-refractivity contribution in [2.75, 3.05) is 6.79 Å². The number of carbonyl (C=O) groups is 1. The zero-order valence-electron chi connectivity index (χ0n) is 14.5. The van der Waals surface area contributed by atoms with Crippen LogP contribution in [0, 0.1) is 0 Å². The van der Waals surface area contributed by atoms with Gasteiger partial charge < -0.3 is 14.0 Å². The van der Waals surface area contributed by atoms with Gasteiger partial charge in [-0.2, -0.15) is 5.10 Å². The minimum Gasteiger partial charge on any atom is -0.454 e. The molecule has 0 aliphatic carbocycles. The first-order valence-electron chi connectivity index (χ1n) is 8.25. The number of para-hydroxylation sites is 2. The molecule has 2 aromatic carbocycles. The molecule has 0 radical (unpaired) electrons. The lowest BCUT2D eigenvalue weighted by molar-refractivity contribution is -0.120. The average molecular weight is 350 g/mol. The van der Waals surface area contributed by atoms with Gasteiger partial charge in [-0.1, -0.05) is 12.1 Å². The number of hydrazone groups is 1. The van der Waals surface area contributed by atoms with Crippen molar-refractivity contribution in [2.45, 2.75) is 13.3 Å². The smallest absolute Gasteiger partial charge is 0.247 e. The molecule has 1 aliphatic heterocycles. The van der Waals surface area contributed by atoms with Crippen molar-refractivity contribution < 1.29 is 14.3 Å². The molecule has 0 atom stereocenters. The van der Waals surface area contributed by atoms with Gasteiger partial charge in [-0.15, -0.1) is 0 Å². The van der Waals surface area contributed by atoms with Crippen molar-refractivity contribution >= 4 is 22.7 Å². The van der Waals surface area contributed by atoms with Crippen molar-refractivity contribution in [3.63, 3.8) is 0 Å². The summed E-state index contributed by atoms with van der Waals surface area (Å²) in [5, 5.41) is 4.18. The maximum Gasteiger partial charge on any atom is 0.247 e. The number of rotatable bonds is 4. The summed E-state index contributed by atoms with van der Waals surface area (Å²) in [5.74, 6) is 1.87. The van der Waals surface area contributed by atoms with Gasteiger partial charge in [0, 0.05) is 12.6 Å². The molecule has 1 N–H and O–H groups in total. The predicted octanol–water partition coefficient (Wildman–Crippen LogP) is 2.38. The Hall–Kier alpha value is -3.35. The number of hydrogen-bond donors (Lipinski definition) is 1. The first-order chi connectivity index (χ1) is 12.6. The van der Waals surface area contributed by atoms with E-state index in [1.807, 2.05) is 61.0 Å². The summed E-state index contributed by atoms with van der Waals surface area (Å²) < 4.78 is 12.6. The van der Waals surface area contributed by atoms with E-state index in [-0.39, 0.29) is 19.1 Å². The van der Waals surface area contributed by atoms with Gasteiger partial charge in [-0.05, 0) is 37.3 Å². The number of carbonyl (C=O) groups excluding carboxylic acids is 1. The number of aromatic nitrogens is 2. The first kappa shape index (κ1) is 16.1. The topological polar surface area (TPSA) is 77.7 Å². The zero-order valence-corrected chi connectivity index (χ0v) is 14.5. The fourth-order valence-electron chi connectivity index (χ4n) is 2.87. The van der Waals surface area contributed by atoms with Gasteiger partial charge >= 0.3 is 0 Å². The fraction of sp³-hybridized carbons (Fsp3) is 0.211. The van der Waals surface area contributed by atoms with Gasteiger partial charge in [0.15, 0.2) is 11.5 Å². The highest BCUT2D eigenvalue weighted by atomic mass is 16.7. The minimum absolute atomic E-state index is 0.156. The van der Waals surface area contributed by atoms with Crippen LogP contribution >= 0.6 is 0 Å². The molecule has 0 saturated heterocycles. The Bertz CT molecular complexity index is 1020. The second kappa shape index (κ2) is 6.51. The van der Waals surface area contributed by atoms with Crippen LogP contribution in [-0.4, -0.2) is 28.0 Å². The Morgan fingerprint density at radius 1 is 1.23 bits per heavy atom. The van der Waals surface area contributed by atoms with Crippen molar-refractivity contribution in [1.82, 2.24) is 15.0 Å². The molecule has 0 unspecified atom stereocenters. The van der Waals surface area contributed by atoms with E-state index in [4.69, 9.17) is 9.47 Å². The molecule has 7 heteroatoms. The summed E-state index contributed by atoms with van der Waals surface area (Å²) in [6, 6.07) is 13.3. The highest BCUT2D eigenvalue weighted by molar-refractivity contribution is 5.99. The van der Waals surface area contributed by atoms with Crippen molar-refractivity contribution in [1.29, 1.82) is 0 Å². The molecule has 1 amide bonds. The van der Waals surface area contributed by atoms with E-state index in [2.05, 4.69) is 15.5 Å². The third-order valence-electron chi connectivity index (χ3n) is 4.34. The lowest BCUT2D eigenvalue weighted by atomic mass is 10.1. The van der Waals surface area contributed by atoms with E-state index in [0.717, 1.165) is 16.6 Å². The number of nitrogens with one attached hydrogen (secondary N) is 1. The standard InChI is InChI=1S/C19H18N4O3/c1-12(13-7-8-16-17(9-13)26-11-25-16)21-22-19(24)10-18-20-14-5-3-4-6-15(14)23(18)2/h3-9H,10-11H2,1-2H3,(H,22,24)/b21-12+. The fourth-order valence-corrected chi connectivity index (χ4v) is 2.87. The Labute approximate surface area is 150 Å². The van der Waals surface area contributed by atoms with Crippen LogP contribution in [0.15, 0.2) is 47.6 Å². The van der Waals surface area contributed by atoms with Gasteiger partial charge in [0.05, 0.1) is 23.2 Å². The van der Waals surface area contributed by atoms with Crippen LogP contribution < -0.4 is 14.9 Å². The number of ether oxygens (including phenoxy) is 2. The molecule has 132 valence electrons. The maximum absolute atomic E-state index is 12.2. The molecule has 0 bridgehead atoms. The SMILES string of the molecule is C/C(=N\NC(=O)Cc1nc2ccccc2n1C)c1ccc2c(c1)OCO2. The Balaban J connectivity index is 1.45. The molecule has 1 aliphatic rings. The second-order valence-electron chi connectivity index (χ2n) is 6.05. The summed E-state index contributed by atoms with van der Waals surface area (Å²) in [6.45, 7) is 2.05. The van der Waals surface area contributed by atoms with Crippen molar-refractivity contribution in [2.24, 2.45) is 12.1 Å². The third-order valence-corrected chi connectivity index (χ3v) is 4.34. The monoisotopic (exact) mass is 350 g/mol. The number of amides is 1. The molecule has 4 rings (SSSR count). The average Bonchev–Trinajstić information content (AvgIpc) is 3.24. The van der Waals surface area contributed by atoms with E-state index in [1.165, 1.54) is 0 Å². The van der Waals surface area contributed by atoms with Crippen LogP contribution in [0.25, 0.3) is 11.0 Å². The zero-order chi connectivity index (χ0) is 18.1. The van der Waals surface area contributed by atoms with Crippen LogP contribution in [0.1, 0.15) is 18.3 Å². The number of benzene rings is 2. The summed E-state index contributed by atoms with van der Waals surface area (Å²) in [7, 11) is 1.90. The quantitative estimate of drug-likeness (QED) is 0.579. The molecule has 0 spiro atoms. The number of nitrogens with zero attached hydrogens (tertiary/aromatic N) is 3. The summed E-state index contributed by atoms with van der Waals surface area (Å²) in [6.07, 6.45) is 0.156. The number of hydrogen-bond acceptors (Lipinski definition) is 5. The Kier molecular flexibility index (Phi) is 4.04. The van der Waals surface area contributed by atoms with Crippen LogP contribution in [0.2, 0.25) is 0 Å². The second-order valence-corrected chi connectivity index (χ2v) is 6.05. The van der Waals surface area contributed by atoms with E-state index in [0.29, 0.717) is 23.0 Å². The molecule has 0 fully saturated rings. The van der Waals surface area contributed by atoms with Crippen LogP contribution in [-0.2, 0) is 18.3 Å². The number of aryl methyl sites for hydroxylation is 1. The highest BCUT2D eigenvalue weighted by Gasteiger charge is 2.15. The van der Waals surface area contributed by atoms with Crippen LogP contribution in [0.4, 0.5) is 0 Å². The lowest BCUT2D eigenvalue weighted by Gasteiger charge is -2.05. The van der Waals surface area contributed by atoms with Gasteiger partial charge in [0.25, 0.3) is 0 Å². The minimum atomic E-state index is -0.219. The van der Waals surface area contributed by atoms with E-state index in [1.54, 1.807) is 0 Å². The van der Waals surface area contributed by atoms with E-state index in [9.17, 15) is 4.79 Å². The molecule has 26 heavy (non-hydrogen) atoms. The Morgan fingerprint density at radius 3 is 2.88 bits per heavy atom. The summed E-state index contributed by atoms with van der Waals surface area (Å²) in [4.78, 5) is 16.7. The molecular weight excluding hydrogens is 332 g/mol. The maximum atomic E-state index is 12.2. The van der Waals surface area contributed by atoms with Crippen molar-refractivity contribution in [3.8, 4) is 11.5 Å². The Morgan fingerprint density at radius 2 is 2.04 bits per heavy atom. The van der Waals surface area contributed by atoms with Crippen LogP contribution in [0.3, 0.4) is 0 Å².